The fourth-order valence-electron chi connectivity index (χ4n) is 3.68. The fraction of sp³-hybridized carbons (Fsp3) is 0.333. The van der Waals surface area contributed by atoms with E-state index in [-0.39, 0.29) is 12.1 Å². The summed E-state index contributed by atoms with van der Waals surface area (Å²) in [7, 11) is 0. The summed E-state index contributed by atoms with van der Waals surface area (Å²) in [6, 6.07) is 7.87. The van der Waals surface area contributed by atoms with Gasteiger partial charge in [0, 0.05) is 24.5 Å². The maximum absolute atomic E-state index is 11.9. The lowest BCUT2D eigenvalue weighted by atomic mass is 10.1. The van der Waals surface area contributed by atoms with Crippen LogP contribution in [0.2, 0.25) is 0 Å². The van der Waals surface area contributed by atoms with Crippen molar-refractivity contribution in [1.82, 2.24) is 15.2 Å². The third kappa shape index (κ3) is 4.41. The standard InChI is InChI=1S/C24H28N4O2/c1-4-14-28-22-15-19(30-6-3)12-13-20(22)21(16-25)23(28)17-8-7-9-18(11-10-17)27-24(29)26-5-2/h7-13,15,18H,4-6,14H2,1-3H3,(H2,26,27,29). The highest BCUT2D eigenvalue weighted by molar-refractivity contribution is 5.95. The molecule has 1 aromatic carbocycles. The molecule has 30 heavy (non-hydrogen) atoms. The molecule has 2 N–H and O–H groups in total. The number of ether oxygens (including phenoxy) is 1. The minimum atomic E-state index is -0.218. The zero-order valence-corrected chi connectivity index (χ0v) is 17.7. The molecule has 1 atom stereocenters. The minimum absolute atomic E-state index is 0.207. The molecule has 0 saturated carbocycles. The quantitative estimate of drug-likeness (QED) is 0.712. The molecule has 1 heterocycles. The summed E-state index contributed by atoms with van der Waals surface area (Å²) in [6.45, 7) is 7.92. The second kappa shape index (κ2) is 9.84. The highest BCUT2D eigenvalue weighted by Crippen LogP contribution is 2.34. The highest BCUT2D eigenvalue weighted by atomic mass is 16.5. The van der Waals surface area contributed by atoms with Crippen molar-refractivity contribution < 1.29 is 9.53 Å². The first-order chi connectivity index (χ1) is 14.6. The Bertz CT molecular complexity index is 1050. The van der Waals surface area contributed by atoms with E-state index in [4.69, 9.17) is 4.74 Å². The topological polar surface area (TPSA) is 79.1 Å². The monoisotopic (exact) mass is 404 g/mol. The second-order valence-electron chi connectivity index (χ2n) is 6.99. The van der Waals surface area contributed by atoms with Crippen molar-refractivity contribution in [3.05, 3.63) is 59.8 Å². The van der Waals surface area contributed by atoms with Gasteiger partial charge in [-0.1, -0.05) is 37.3 Å². The molecule has 0 saturated heterocycles. The highest BCUT2D eigenvalue weighted by Gasteiger charge is 2.20. The summed E-state index contributed by atoms with van der Waals surface area (Å²) in [5.41, 5.74) is 3.47. The van der Waals surface area contributed by atoms with Gasteiger partial charge in [0.2, 0.25) is 0 Å². The molecular weight excluding hydrogens is 376 g/mol. The van der Waals surface area contributed by atoms with Crippen molar-refractivity contribution in [1.29, 1.82) is 5.26 Å². The van der Waals surface area contributed by atoms with Crippen LogP contribution in [0.25, 0.3) is 16.5 Å². The Morgan fingerprint density at radius 1 is 1.27 bits per heavy atom. The molecule has 0 spiro atoms. The Kier molecular flexibility index (Phi) is 6.97. The van der Waals surface area contributed by atoms with Crippen molar-refractivity contribution in [2.45, 2.75) is 39.8 Å². The lowest BCUT2D eigenvalue weighted by Gasteiger charge is -2.12. The van der Waals surface area contributed by atoms with Gasteiger partial charge >= 0.3 is 6.03 Å². The van der Waals surface area contributed by atoms with Gasteiger partial charge in [-0.2, -0.15) is 5.26 Å². The molecule has 6 heteroatoms. The number of hydrogen-bond donors (Lipinski definition) is 2. The Morgan fingerprint density at radius 2 is 2.10 bits per heavy atom. The van der Waals surface area contributed by atoms with Gasteiger partial charge in [-0.15, -0.1) is 0 Å². The smallest absolute Gasteiger partial charge is 0.315 e. The number of nitriles is 1. The van der Waals surface area contributed by atoms with E-state index in [1.807, 2.05) is 62.4 Å². The summed E-state index contributed by atoms with van der Waals surface area (Å²) in [4.78, 5) is 11.9. The van der Waals surface area contributed by atoms with Crippen LogP contribution in [0, 0.1) is 11.3 Å². The van der Waals surface area contributed by atoms with Crippen molar-refractivity contribution in [3.63, 3.8) is 0 Å². The molecule has 1 unspecified atom stereocenters. The van der Waals surface area contributed by atoms with Gasteiger partial charge in [-0.05, 0) is 38.0 Å². The van der Waals surface area contributed by atoms with Crippen LogP contribution in [-0.4, -0.2) is 29.8 Å². The molecule has 2 aromatic rings. The zero-order chi connectivity index (χ0) is 21.5. The Balaban J connectivity index is 2.05. The maximum Gasteiger partial charge on any atom is 0.315 e. The molecular formula is C24H28N4O2. The largest absolute Gasteiger partial charge is 0.494 e. The van der Waals surface area contributed by atoms with E-state index in [2.05, 4.69) is 28.2 Å². The Hall–Kier alpha value is -3.46. The Labute approximate surface area is 177 Å². The molecule has 1 aliphatic rings. The lowest BCUT2D eigenvalue weighted by Crippen LogP contribution is -2.40. The van der Waals surface area contributed by atoms with Gasteiger partial charge in [0.1, 0.15) is 11.8 Å². The number of amides is 2. The molecule has 0 fully saturated rings. The zero-order valence-electron chi connectivity index (χ0n) is 17.7. The molecule has 0 aliphatic heterocycles. The molecule has 1 aromatic heterocycles. The third-order valence-electron chi connectivity index (χ3n) is 4.89. The molecule has 2 amide bonds. The summed E-state index contributed by atoms with van der Waals surface area (Å²) >= 11 is 0. The van der Waals surface area contributed by atoms with Gasteiger partial charge < -0.3 is 19.9 Å². The molecule has 0 bridgehead atoms. The van der Waals surface area contributed by atoms with Crippen LogP contribution in [0.1, 0.15) is 38.4 Å². The molecule has 6 nitrogen and oxygen atoms in total. The van der Waals surface area contributed by atoms with Crippen LogP contribution in [0.15, 0.2) is 48.6 Å². The van der Waals surface area contributed by atoms with Crippen LogP contribution in [-0.2, 0) is 6.54 Å². The second-order valence-corrected chi connectivity index (χ2v) is 6.99. The predicted octanol–water partition coefficient (Wildman–Crippen LogP) is 4.52. The average molecular weight is 405 g/mol. The van der Waals surface area contributed by atoms with E-state index in [9.17, 15) is 10.1 Å². The summed E-state index contributed by atoms with van der Waals surface area (Å²) < 4.78 is 7.88. The van der Waals surface area contributed by atoms with Crippen molar-refractivity contribution in [2.75, 3.05) is 13.2 Å². The van der Waals surface area contributed by atoms with E-state index >= 15 is 0 Å². The third-order valence-corrected chi connectivity index (χ3v) is 4.89. The first-order valence-electron chi connectivity index (χ1n) is 10.4. The van der Waals surface area contributed by atoms with Crippen molar-refractivity contribution in [2.24, 2.45) is 0 Å². The van der Waals surface area contributed by atoms with Gasteiger partial charge in [-0.3, -0.25) is 0 Å². The minimum Gasteiger partial charge on any atom is -0.494 e. The van der Waals surface area contributed by atoms with Gasteiger partial charge in [-0.25, -0.2) is 4.79 Å². The summed E-state index contributed by atoms with van der Waals surface area (Å²) in [6.07, 6.45) is 10.7. The molecule has 156 valence electrons. The number of urea groups is 1. The number of rotatable bonds is 7. The van der Waals surface area contributed by atoms with Crippen LogP contribution >= 0.6 is 0 Å². The summed E-state index contributed by atoms with van der Waals surface area (Å²) in [5.74, 6) is 0.798. The first kappa shape index (κ1) is 21.3. The number of carbonyl (C=O) groups excluding carboxylic acids is 1. The van der Waals surface area contributed by atoms with E-state index < -0.39 is 0 Å². The van der Waals surface area contributed by atoms with Gasteiger partial charge in [0.25, 0.3) is 0 Å². The number of fused-ring (bicyclic) bond motifs is 1. The van der Waals surface area contributed by atoms with Crippen LogP contribution in [0.5, 0.6) is 5.75 Å². The average Bonchev–Trinajstić information content (AvgIpc) is 2.86. The fourth-order valence-corrected chi connectivity index (χ4v) is 3.68. The van der Waals surface area contributed by atoms with Crippen molar-refractivity contribution in [3.8, 4) is 11.8 Å². The van der Waals surface area contributed by atoms with Crippen LogP contribution < -0.4 is 15.4 Å². The normalized spacial score (nSPS) is 15.4. The number of aromatic nitrogens is 1. The number of nitrogens with zero attached hydrogens (tertiary/aromatic N) is 2. The predicted molar refractivity (Wildman–Crippen MR) is 120 cm³/mol. The van der Waals surface area contributed by atoms with Crippen molar-refractivity contribution >= 4 is 22.5 Å². The van der Waals surface area contributed by atoms with Gasteiger partial charge in [0.15, 0.2) is 0 Å². The molecule has 3 rings (SSSR count). The first-order valence-corrected chi connectivity index (χ1v) is 10.4. The number of carbonyl (C=O) groups is 1. The van der Waals surface area contributed by atoms with Gasteiger partial charge in [0.05, 0.1) is 29.4 Å². The maximum atomic E-state index is 11.9. The number of allylic oxidation sites excluding steroid dienone is 4. The molecule has 0 radical (unpaired) electrons. The van der Waals surface area contributed by atoms with E-state index in [1.54, 1.807) is 0 Å². The number of benzene rings is 1. The van der Waals surface area contributed by atoms with Crippen LogP contribution in [0.3, 0.4) is 0 Å². The number of nitrogens with one attached hydrogen (secondary N) is 2. The summed E-state index contributed by atoms with van der Waals surface area (Å²) in [5, 5.41) is 16.5. The molecule has 1 aliphatic carbocycles. The van der Waals surface area contributed by atoms with E-state index in [0.717, 1.165) is 40.9 Å². The van der Waals surface area contributed by atoms with E-state index in [0.29, 0.717) is 18.7 Å². The SMILES string of the molecule is CCCn1c(C2=CC=CC(NC(=O)NCC)C=C2)c(C#N)c2ccc(OCC)cc21. The van der Waals surface area contributed by atoms with E-state index in [1.165, 1.54) is 0 Å². The number of aryl methyl sites for hydroxylation is 1. The lowest BCUT2D eigenvalue weighted by molar-refractivity contribution is 0.241. The Morgan fingerprint density at radius 3 is 2.80 bits per heavy atom. The van der Waals surface area contributed by atoms with Crippen LogP contribution in [0.4, 0.5) is 4.79 Å². The number of hydrogen-bond acceptors (Lipinski definition) is 3.